The zero-order valence-corrected chi connectivity index (χ0v) is 24.2. The molecule has 4 aromatic rings. The molecule has 3 saturated carbocycles. The summed E-state index contributed by atoms with van der Waals surface area (Å²) in [5, 5.41) is 28.1. The van der Waals surface area contributed by atoms with E-state index in [4.69, 9.17) is 9.78 Å². The van der Waals surface area contributed by atoms with E-state index in [0.29, 0.717) is 35.4 Å². The molecule has 1 spiro atoms. The van der Waals surface area contributed by atoms with Crippen LogP contribution in [0.2, 0.25) is 0 Å². The first-order valence-electron chi connectivity index (χ1n) is 14.6. The highest BCUT2D eigenvalue weighted by atomic mass is 32.2. The summed E-state index contributed by atoms with van der Waals surface area (Å²) >= 11 is 1.58. The quantitative estimate of drug-likeness (QED) is 0.193. The van der Waals surface area contributed by atoms with Crippen molar-refractivity contribution in [3.63, 3.8) is 0 Å². The smallest absolute Gasteiger partial charge is 0.272 e. The summed E-state index contributed by atoms with van der Waals surface area (Å²) in [5.41, 5.74) is 3.09. The number of halogens is 1. The first kappa shape index (κ1) is 26.6. The first-order valence-corrected chi connectivity index (χ1v) is 15.4. The predicted octanol–water partition coefficient (Wildman–Crippen LogP) is 5.34. The molecule has 5 atom stereocenters. The van der Waals surface area contributed by atoms with Crippen molar-refractivity contribution in [1.29, 1.82) is 5.26 Å². The fraction of sp³-hybridized carbons (Fsp3) is 0.375. The van der Waals surface area contributed by atoms with E-state index >= 15 is 0 Å². The fourth-order valence-corrected chi connectivity index (χ4v) is 9.51. The molecule has 8 rings (SSSR count). The zero-order valence-electron chi connectivity index (χ0n) is 23.4. The number of amides is 1. The van der Waals surface area contributed by atoms with Crippen LogP contribution in [0.1, 0.15) is 58.8 Å². The Balaban J connectivity index is 0.989. The fourth-order valence-electron chi connectivity index (χ4n) is 8.34. The summed E-state index contributed by atoms with van der Waals surface area (Å²) in [6, 6.07) is 16.3. The monoisotopic (exact) mass is 596 g/mol. The number of fused-ring (bicyclic) bond motifs is 1. The van der Waals surface area contributed by atoms with Gasteiger partial charge in [0.25, 0.3) is 5.91 Å². The number of hydrogen-bond acceptors (Lipinski definition) is 8. The summed E-state index contributed by atoms with van der Waals surface area (Å²) in [4.78, 5) is 18.0. The van der Waals surface area contributed by atoms with Crippen LogP contribution < -0.4 is 10.0 Å². The molecule has 1 aliphatic heterocycles. The van der Waals surface area contributed by atoms with E-state index in [1.165, 1.54) is 6.07 Å². The third kappa shape index (κ3) is 3.66. The van der Waals surface area contributed by atoms with Gasteiger partial charge < -0.3 is 19.5 Å². The molecule has 3 aliphatic carbocycles. The zero-order chi connectivity index (χ0) is 29.5. The van der Waals surface area contributed by atoms with Crippen LogP contribution in [0.5, 0.6) is 0 Å². The lowest BCUT2D eigenvalue weighted by Crippen LogP contribution is -2.84. The number of aliphatic hydroxyl groups is 1. The highest BCUT2D eigenvalue weighted by molar-refractivity contribution is 7.97. The second-order valence-corrected chi connectivity index (χ2v) is 13.0. The van der Waals surface area contributed by atoms with E-state index in [9.17, 15) is 14.3 Å². The van der Waals surface area contributed by atoms with Crippen LogP contribution in [-0.4, -0.2) is 31.8 Å². The third-order valence-electron chi connectivity index (χ3n) is 10.4. The van der Waals surface area contributed by atoms with Gasteiger partial charge in [-0.05, 0) is 74.4 Å². The van der Waals surface area contributed by atoms with E-state index in [0.717, 1.165) is 60.0 Å². The lowest BCUT2D eigenvalue weighted by atomic mass is 9.26. The number of rotatable bonds is 7. The minimum Gasteiger partial charge on any atom is -0.383 e. The molecule has 3 fully saturated rings. The second kappa shape index (κ2) is 9.51. The van der Waals surface area contributed by atoms with Crippen molar-refractivity contribution in [3.05, 3.63) is 82.8 Å². The van der Waals surface area contributed by atoms with Gasteiger partial charge >= 0.3 is 0 Å². The lowest BCUT2D eigenvalue weighted by Gasteiger charge is -2.80. The van der Waals surface area contributed by atoms with Gasteiger partial charge in [0.05, 0.1) is 0 Å². The summed E-state index contributed by atoms with van der Waals surface area (Å²) < 4.78 is 25.3. The molecule has 11 heteroatoms. The van der Waals surface area contributed by atoms with Crippen LogP contribution in [0.15, 0.2) is 57.9 Å². The lowest BCUT2D eigenvalue weighted by molar-refractivity contribution is -0.367. The Morgan fingerprint density at radius 1 is 1.26 bits per heavy atom. The van der Waals surface area contributed by atoms with Crippen LogP contribution in [0.4, 0.5) is 10.1 Å². The average molecular weight is 597 g/mol. The van der Waals surface area contributed by atoms with Gasteiger partial charge in [0, 0.05) is 52.0 Å². The Bertz CT molecular complexity index is 1820. The number of nitrogens with one attached hydrogen (secondary N) is 2. The third-order valence-corrected chi connectivity index (χ3v) is 11.5. The van der Waals surface area contributed by atoms with Crippen molar-refractivity contribution in [2.75, 3.05) is 5.32 Å². The van der Waals surface area contributed by atoms with Crippen LogP contribution in [0.25, 0.3) is 11.3 Å². The predicted molar refractivity (Wildman–Crippen MR) is 156 cm³/mol. The van der Waals surface area contributed by atoms with Crippen molar-refractivity contribution in [3.8, 4) is 17.4 Å². The maximum absolute atomic E-state index is 13.9. The maximum Gasteiger partial charge on any atom is 0.272 e. The molecule has 9 nitrogen and oxygen atoms in total. The minimum absolute atomic E-state index is 0.0940. The minimum atomic E-state index is -0.976. The number of pyridine rings is 1. The van der Waals surface area contributed by atoms with Gasteiger partial charge in [-0.2, -0.15) is 9.65 Å². The highest BCUT2D eigenvalue weighted by Gasteiger charge is 2.82. The van der Waals surface area contributed by atoms with Crippen molar-refractivity contribution in [2.24, 2.45) is 17.3 Å². The molecule has 43 heavy (non-hydrogen) atoms. The molecule has 4 heterocycles. The summed E-state index contributed by atoms with van der Waals surface area (Å²) in [6.07, 6.45) is 4.48. The Labute approximate surface area is 251 Å². The first-order chi connectivity index (χ1) is 20.8. The topological polar surface area (TPSA) is 129 Å². The van der Waals surface area contributed by atoms with Crippen LogP contribution >= 0.6 is 11.9 Å². The van der Waals surface area contributed by atoms with Crippen LogP contribution in [0, 0.1) is 41.5 Å². The molecular weight excluding hydrogens is 567 g/mol. The number of carbonyl (C=O) groups excluding carboxylic acids is 1. The Morgan fingerprint density at radius 3 is 2.84 bits per heavy atom. The van der Waals surface area contributed by atoms with Gasteiger partial charge in [0.15, 0.2) is 5.76 Å². The molecule has 0 radical (unpaired) electrons. The maximum atomic E-state index is 13.9. The SMILES string of the molecule is Cc1c(SNC2C3CCC34C2CC4(O)c2cc(-c3ccccc3)on2)c2n(c1C(=O)Nc1cc(F)nc(C#N)c1)CCC2. The van der Waals surface area contributed by atoms with E-state index in [1.54, 1.807) is 11.9 Å². The molecule has 218 valence electrons. The number of carbonyl (C=O) groups is 1. The number of nitriles is 1. The molecule has 3 N–H and O–H groups in total. The molecular formula is C32H29FN6O3S. The molecule has 1 amide bonds. The molecule has 0 bridgehead atoms. The molecule has 3 aromatic heterocycles. The van der Waals surface area contributed by atoms with Gasteiger partial charge in [-0.1, -0.05) is 35.5 Å². The highest BCUT2D eigenvalue weighted by Crippen LogP contribution is 2.81. The standard InChI is InChI=1S/C32H29FN6O3S/c1-17-28(30(40)36-19-12-20(16-34)35-26(33)13-19)39-11-5-8-23(39)29(17)43-38-27-21-9-10-31(21)22(27)15-32(31,41)25-14-24(42-37-25)18-6-3-2-4-7-18/h2-4,6-7,12-14,21-22,27,38,41H,5,8-11,15H2,1H3,(H,35,36,40). The van der Waals surface area contributed by atoms with Crippen LogP contribution in [0.3, 0.4) is 0 Å². The van der Waals surface area contributed by atoms with Crippen LogP contribution in [-0.2, 0) is 18.6 Å². The van der Waals surface area contributed by atoms with Gasteiger partial charge in [0.2, 0.25) is 5.95 Å². The molecule has 5 unspecified atom stereocenters. The Kier molecular flexibility index (Phi) is 5.89. The second-order valence-electron chi connectivity index (χ2n) is 12.2. The van der Waals surface area contributed by atoms with Gasteiger partial charge in [-0.3, -0.25) is 9.52 Å². The molecule has 4 aliphatic rings. The Morgan fingerprint density at radius 2 is 2.09 bits per heavy atom. The van der Waals surface area contributed by atoms with Crippen molar-refractivity contribution >= 4 is 23.5 Å². The average Bonchev–Trinajstić information content (AvgIpc) is 3.71. The normalized spacial score (nSPS) is 28.0. The number of anilines is 1. The molecule has 0 saturated heterocycles. The number of nitrogens with zero attached hydrogens (tertiary/aromatic N) is 4. The number of hydrogen-bond donors (Lipinski definition) is 3. The summed E-state index contributed by atoms with van der Waals surface area (Å²) in [7, 11) is 0. The van der Waals surface area contributed by atoms with Crippen molar-refractivity contribution in [2.45, 2.75) is 62.1 Å². The largest absolute Gasteiger partial charge is 0.383 e. The summed E-state index contributed by atoms with van der Waals surface area (Å²) in [5.74, 6) is 0.199. The van der Waals surface area contributed by atoms with Gasteiger partial charge in [0.1, 0.15) is 28.8 Å². The van der Waals surface area contributed by atoms with Crippen molar-refractivity contribution in [1.82, 2.24) is 19.4 Å². The van der Waals surface area contributed by atoms with Gasteiger partial charge in [-0.25, -0.2) is 4.98 Å². The van der Waals surface area contributed by atoms with Crippen molar-refractivity contribution < 1.29 is 18.8 Å². The van der Waals surface area contributed by atoms with Gasteiger partial charge in [-0.15, -0.1) is 0 Å². The van der Waals surface area contributed by atoms with E-state index < -0.39 is 11.5 Å². The van der Waals surface area contributed by atoms with E-state index in [1.807, 2.05) is 49.4 Å². The molecule has 1 aromatic carbocycles. The Hall–Kier alpha value is -3.98. The number of aromatic nitrogens is 3. The van der Waals surface area contributed by atoms with E-state index in [2.05, 4.69) is 24.7 Å². The number of benzene rings is 1. The summed E-state index contributed by atoms with van der Waals surface area (Å²) in [6.45, 7) is 2.69. The van der Waals surface area contributed by atoms with E-state index in [-0.39, 0.29) is 28.7 Å².